The Morgan fingerprint density at radius 1 is 0.855 bits per heavy atom. The molecule has 320 valence electrons. The largest absolute Gasteiger partial charge is 0.480 e. The molecule has 0 aromatic carbocycles. The molecule has 0 spiro atoms. The van der Waals surface area contributed by atoms with E-state index in [0.29, 0.717) is 78.6 Å². The summed E-state index contributed by atoms with van der Waals surface area (Å²) in [5, 5.41) is 14.2. The number of aliphatic carboxylic acids is 1. The number of likely N-dealkylation sites (tertiary alicyclic amines) is 1. The van der Waals surface area contributed by atoms with E-state index in [0.717, 1.165) is 0 Å². The van der Waals surface area contributed by atoms with Crippen LogP contribution in [-0.4, -0.2) is 180 Å². The molecule has 0 aromatic heterocycles. The average molecular weight is 791 g/mol. The van der Waals surface area contributed by atoms with Gasteiger partial charge in [0.2, 0.25) is 23.6 Å². The fourth-order valence-corrected chi connectivity index (χ4v) is 7.05. The highest BCUT2D eigenvalue weighted by Crippen LogP contribution is 2.29. The first kappa shape index (κ1) is 50.0. The number of carbonyl (C=O) groups excluding carboxylic acids is 4. The van der Waals surface area contributed by atoms with Crippen LogP contribution in [0.2, 0.25) is 0 Å². The van der Waals surface area contributed by atoms with Gasteiger partial charge in [-0.3, -0.25) is 28.9 Å². The number of nitrogens with one attached hydrogen (secondary N) is 2. The second-order valence-electron chi connectivity index (χ2n) is 14.4. The summed E-state index contributed by atoms with van der Waals surface area (Å²) in [6, 6.07) is -1.38. The third kappa shape index (κ3) is 17.4. The summed E-state index contributed by atoms with van der Waals surface area (Å²) in [5.41, 5.74) is 0. The van der Waals surface area contributed by atoms with Crippen LogP contribution >= 0.6 is 0 Å². The number of carboxylic acids is 1. The van der Waals surface area contributed by atoms with Crippen molar-refractivity contribution >= 4 is 29.6 Å². The lowest BCUT2D eigenvalue weighted by Crippen LogP contribution is -2.55. The molecule has 0 aromatic rings. The Bertz CT molecular complexity index is 1150. The summed E-state index contributed by atoms with van der Waals surface area (Å²) in [5.74, 6) is 1.72. The maximum Gasteiger partial charge on any atom is 0.322 e. The molecule has 7 unspecified atom stereocenters. The van der Waals surface area contributed by atoms with Crippen LogP contribution in [0.15, 0.2) is 0 Å². The van der Waals surface area contributed by atoms with Crippen LogP contribution in [-0.2, 0) is 52.5 Å². The Hall–Kier alpha value is -2.97. The minimum Gasteiger partial charge on any atom is -0.480 e. The predicted molar refractivity (Wildman–Crippen MR) is 204 cm³/mol. The summed E-state index contributed by atoms with van der Waals surface area (Å²) in [4.78, 5) is 74.2. The molecule has 5 N–H and O–H groups in total. The van der Waals surface area contributed by atoms with E-state index in [1.807, 2.05) is 39.6 Å². The number of likely N-dealkylation sites (N-methyl/N-ethyl adjacent to an activating group) is 2. The number of rotatable bonds is 30. The number of carboxylic acid groups (broad SMARTS) is 1. The molecule has 1 aliphatic rings. The molecule has 0 bridgehead atoms. The standard InChI is InChI=1S/C37H70N6O12/c1-10-26(4)34(29(50-8)22-30(44)43-13-11-12-28(43)35(51-9)27(5)36(48)40-24-32(46)47)42(7)31(45)23-39-37(49)33(25(2)3)41(6)14-15-52-16-17-53-18-19-54-20-21-55-38/h25-29,33-35H,10-24,38H2,1-9H3,(H,39,49)(H,40,48)(H,46,47). The van der Waals surface area contributed by atoms with Crippen LogP contribution in [0.5, 0.6) is 0 Å². The molecule has 18 heteroatoms. The minimum absolute atomic E-state index is 0.0179. The maximum absolute atomic E-state index is 13.9. The number of nitrogens with zero attached hydrogens (tertiary/aromatic N) is 3. The molecule has 1 fully saturated rings. The number of nitrogens with two attached hydrogens (primary N) is 1. The van der Waals surface area contributed by atoms with Crippen molar-refractivity contribution in [3.05, 3.63) is 0 Å². The highest BCUT2D eigenvalue weighted by Gasteiger charge is 2.42. The van der Waals surface area contributed by atoms with Crippen LogP contribution in [0, 0.1) is 17.8 Å². The fraction of sp³-hybridized carbons (Fsp3) is 0.865. The molecule has 0 saturated carbocycles. The summed E-state index contributed by atoms with van der Waals surface area (Å²) < 4.78 is 28.0. The first-order valence-electron chi connectivity index (χ1n) is 19.3. The molecule has 1 heterocycles. The van der Waals surface area contributed by atoms with Gasteiger partial charge in [0, 0.05) is 34.4 Å². The van der Waals surface area contributed by atoms with Gasteiger partial charge in [-0.2, -0.15) is 0 Å². The van der Waals surface area contributed by atoms with Crippen molar-refractivity contribution < 1.29 is 57.6 Å². The lowest BCUT2D eigenvalue weighted by atomic mass is 9.90. The van der Waals surface area contributed by atoms with E-state index >= 15 is 0 Å². The Morgan fingerprint density at radius 3 is 1.96 bits per heavy atom. The van der Waals surface area contributed by atoms with Crippen molar-refractivity contribution in [2.24, 2.45) is 23.7 Å². The van der Waals surface area contributed by atoms with Gasteiger partial charge in [0.25, 0.3) is 0 Å². The van der Waals surface area contributed by atoms with E-state index < -0.39 is 54.7 Å². The predicted octanol–water partition coefficient (Wildman–Crippen LogP) is 0.120. The lowest BCUT2D eigenvalue weighted by molar-refractivity contribution is -0.146. The van der Waals surface area contributed by atoms with Crippen molar-refractivity contribution in [2.75, 3.05) is 101 Å². The average Bonchev–Trinajstić information content (AvgIpc) is 3.64. The second-order valence-corrected chi connectivity index (χ2v) is 14.4. The molecule has 0 aliphatic carbocycles. The number of hydrogen-bond donors (Lipinski definition) is 4. The van der Waals surface area contributed by atoms with E-state index in [1.165, 1.54) is 14.2 Å². The van der Waals surface area contributed by atoms with E-state index in [-0.39, 0.29) is 42.5 Å². The maximum atomic E-state index is 13.9. The summed E-state index contributed by atoms with van der Waals surface area (Å²) >= 11 is 0. The third-order valence-corrected chi connectivity index (χ3v) is 10.2. The molecule has 1 aliphatic heterocycles. The van der Waals surface area contributed by atoms with Gasteiger partial charge in [-0.15, -0.1) is 0 Å². The van der Waals surface area contributed by atoms with Crippen LogP contribution in [0.3, 0.4) is 0 Å². The third-order valence-electron chi connectivity index (χ3n) is 10.2. The van der Waals surface area contributed by atoms with E-state index in [1.54, 1.807) is 23.8 Å². The highest BCUT2D eigenvalue weighted by molar-refractivity contribution is 5.88. The van der Waals surface area contributed by atoms with Crippen LogP contribution in [0.1, 0.15) is 60.3 Å². The van der Waals surface area contributed by atoms with Gasteiger partial charge in [0.1, 0.15) is 6.54 Å². The zero-order valence-electron chi connectivity index (χ0n) is 34.6. The Labute approximate surface area is 327 Å². The number of amides is 4. The van der Waals surface area contributed by atoms with Gasteiger partial charge >= 0.3 is 5.97 Å². The number of carbonyl (C=O) groups is 5. The molecule has 55 heavy (non-hydrogen) atoms. The monoisotopic (exact) mass is 791 g/mol. The zero-order chi connectivity index (χ0) is 41.5. The lowest BCUT2D eigenvalue weighted by Gasteiger charge is -2.39. The molecule has 0 radical (unpaired) electrons. The quantitative estimate of drug-likeness (QED) is 0.0561. The molecular formula is C37H70N6O12. The van der Waals surface area contributed by atoms with Crippen molar-refractivity contribution in [2.45, 2.75) is 90.6 Å². The van der Waals surface area contributed by atoms with Crippen LogP contribution < -0.4 is 16.5 Å². The number of hydrogen-bond acceptors (Lipinski definition) is 13. The van der Waals surface area contributed by atoms with E-state index in [9.17, 15) is 24.0 Å². The number of ether oxygens (including phenoxy) is 5. The van der Waals surface area contributed by atoms with Crippen molar-refractivity contribution in [3.8, 4) is 0 Å². The van der Waals surface area contributed by atoms with Crippen molar-refractivity contribution in [3.63, 3.8) is 0 Å². The van der Waals surface area contributed by atoms with Gasteiger partial charge in [-0.1, -0.05) is 41.0 Å². The summed E-state index contributed by atoms with van der Waals surface area (Å²) in [7, 11) is 6.49. The van der Waals surface area contributed by atoms with Crippen LogP contribution in [0.25, 0.3) is 0 Å². The Balaban J connectivity index is 2.83. The summed E-state index contributed by atoms with van der Waals surface area (Å²) in [6.07, 6.45) is 0.704. The molecule has 7 atom stereocenters. The highest BCUT2D eigenvalue weighted by atomic mass is 16.6. The van der Waals surface area contributed by atoms with E-state index in [2.05, 4.69) is 15.5 Å². The van der Waals surface area contributed by atoms with Gasteiger partial charge in [-0.25, -0.2) is 5.90 Å². The van der Waals surface area contributed by atoms with E-state index in [4.69, 9.17) is 34.7 Å². The normalized spacial score (nSPS) is 17.7. The van der Waals surface area contributed by atoms with Crippen LogP contribution in [0.4, 0.5) is 0 Å². The fourth-order valence-electron chi connectivity index (χ4n) is 7.05. The first-order valence-corrected chi connectivity index (χ1v) is 19.3. The SMILES string of the molecule is CCC(C)C(C(CC(=O)N1CCCC1C(OC)C(C)C(=O)NCC(=O)O)OC)N(C)C(=O)CNC(=O)C(C(C)C)N(C)CCOCCOCCOCCON. The van der Waals surface area contributed by atoms with Gasteiger partial charge < -0.3 is 54.1 Å². The zero-order valence-corrected chi connectivity index (χ0v) is 34.6. The first-order chi connectivity index (χ1) is 26.2. The molecule has 1 rings (SSSR count). The topological polar surface area (TPSA) is 221 Å². The number of methoxy groups -OCH3 is 2. The van der Waals surface area contributed by atoms with Gasteiger partial charge in [-0.05, 0) is 31.7 Å². The Kier molecular flexibility index (Phi) is 25.1. The molecule has 18 nitrogen and oxygen atoms in total. The molecule has 4 amide bonds. The van der Waals surface area contributed by atoms with Gasteiger partial charge in [0.15, 0.2) is 0 Å². The Morgan fingerprint density at radius 2 is 1.44 bits per heavy atom. The van der Waals surface area contributed by atoms with Crippen molar-refractivity contribution in [1.29, 1.82) is 0 Å². The second kappa shape index (κ2) is 27.6. The van der Waals surface area contributed by atoms with Crippen molar-refractivity contribution in [1.82, 2.24) is 25.3 Å². The summed E-state index contributed by atoms with van der Waals surface area (Å²) in [6.45, 7) is 12.5. The molecular weight excluding hydrogens is 720 g/mol. The molecule has 1 saturated heterocycles. The minimum atomic E-state index is -1.16. The van der Waals surface area contributed by atoms with Gasteiger partial charge in [0.05, 0.1) is 95.5 Å². The smallest absolute Gasteiger partial charge is 0.322 e.